The second kappa shape index (κ2) is 7.39. The van der Waals surface area contributed by atoms with E-state index in [1.54, 1.807) is 7.11 Å². The number of anilines is 1. The van der Waals surface area contributed by atoms with E-state index in [0.29, 0.717) is 6.04 Å². The van der Waals surface area contributed by atoms with E-state index in [-0.39, 0.29) is 0 Å². The molecule has 0 saturated heterocycles. The Bertz CT molecular complexity index is 366. The Hall–Kier alpha value is -1.06. The van der Waals surface area contributed by atoms with Crippen LogP contribution in [0.2, 0.25) is 0 Å². The van der Waals surface area contributed by atoms with Crippen molar-refractivity contribution in [3.05, 3.63) is 29.3 Å². The molecule has 18 heavy (non-hydrogen) atoms. The first-order chi connectivity index (χ1) is 8.60. The zero-order valence-corrected chi connectivity index (χ0v) is 12.3. The van der Waals surface area contributed by atoms with E-state index in [4.69, 9.17) is 4.74 Å². The summed E-state index contributed by atoms with van der Waals surface area (Å²) in [6, 6.07) is 7.04. The summed E-state index contributed by atoms with van der Waals surface area (Å²) in [5.41, 5.74) is 3.93. The van der Waals surface area contributed by atoms with E-state index >= 15 is 0 Å². The lowest BCUT2D eigenvalue weighted by molar-refractivity contribution is 0.183. The maximum atomic E-state index is 5.21. The molecule has 0 saturated carbocycles. The number of likely N-dealkylation sites (N-methyl/N-ethyl adjacent to an activating group) is 1. The smallest absolute Gasteiger partial charge is 0.0663 e. The number of hydrogen-bond acceptors (Lipinski definition) is 3. The molecule has 0 bridgehead atoms. The third-order valence-corrected chi connectivity index (χ3v) is 3.29. The third-order valence-electron chi connectivity index (χ3n) is 3.29. The van der Waals surface area contributed by atoms with Crippen LogP contribution in [0.4, 0.5) is 5.69 Å². The fraction of sp³-hybridized carbons (Fsp3) is 0.600. The SMILES string of the molecule is CCNCc1ccc(N(C)C(C)COC)c(C)c1. The molecular weight excluding hydrogens is 224 g/mol. The summed E-state index contributed by atoms with van der Waals surface area (Å²) in [5.74, 6) is 0. The Labute approximate surface area is 111 Å². The molecule has 0 heterocycles. The predicted molar refractivity (Wildman–Crippen MR) is 78.3 cm³/mol. The van der Waals surface area contributed by atoms with Gasteiger partial charge in [-0.1, -0.05) is 19.1 Å². The van der Waals surface area contributed by atoms with Crippen molar-refractivity contribution in [3.63, 3.8) is 0 Å². The van der Waals surface area contributed by atoms with Crippen molar-refractivity contribution >= 4 is 5.69 Å². The number of rotatable bonds is 7. The Kier molecular flexibility index (Phi) is 6.16. The van der Waals surface area contributed by atoms with E-state index in [9.17, 15) is 0 Å². The molecule has 0 spiro atoms. The summed E-state index contributed by atoms with van der Waals surface area (Å²) in [7, 11) is 3.87. The van der Waals surface area contributed by atoms with Crippen molar-refractivity contribution in [2.24, 2.45) is 0 Å². The zero-order valence-electron chi connectivity index (χ0n) is 12.3. The minimum atomic E-state index is 0.383. The highest BCUT2D eigenvalue weighted by Gasteiger charge is 2.11. The molecule has 0 aromatic heterocycles. The summed E-state index contributed by atoms with van der Waals surface area (Å²) in [6.07, 6.45) is 0. The van der Waals surface area contributed by atoms with Crippen LogP contribution in [0.3, 0.4) is 0 Å². The molecule has 0 amide bonds. The van der Waals surface area contributed by atoms with Gasteiger partial charge in [-0.15, -0.1) is 0 Å². The third kappa shape index (κ3) is 4.00. The Morgan fingerprint density at radius 1 is 1.39 bits per heavy atom. The first-order valence-electron chi connectivity index (χ1n) is 6.62. The van der Waals surface area contributed by atoms with Gasteiger partial charge < -0.3 is 15.0 Å². The first-order valence-corrected chi connectivity index (χ1v) is 6.62. The summed E-state index contributed by atoms with van der Waals surface area (Å²) >= 11 is 0. The van der Waals surface area contributed by atoms with Crippen LogP contribution in [0, 0.1) is 6.92 Å². The average Bonchev–Trinajstić information content (AvgIpc) is 2.36. The number of methoxy groups -OCH3 is 1. The van der Waals surface area contributed by atoms with Crippen molar-refractivity contribution < 1.29 is 4.74 Å². The number of hydrogen-bond donors (Lipinski definition) is 1. The molecule has 1 N–H and O–H groups in total. The molecule has 0 radical (unpaired) electrons. The van der Waals surface area contributed by atoms with Gasteiger partial charge in [0.05, 0.1) is 6.61 Å². The van der Waals surface area contributed by atoms with Gasteiger partial charge in [-0.3, -0.25) is 0 Å². The molecule has 0 aliphatic heterocycles. The molecular formula is C15H26N2O. The molecule has 0 aliphatic carbocycles. The molecule has 0 fully saturated rings. The van der Waals surface area contributed by atoms with Gasteiger partial charge in [0.2, 0.25) is 0 Å². The number of ether oxygens (including phenoxy) is 1. The largest absolute Gasteiger partial charge is 0.383 e. The molecule has 3 heteroatoms. The number of nitrogens with zero attached hydrogens (tertiary/aromatic N) is 1. The molecule has 1 aromatic carbocycles. The highest BCUT2D eigenvalue weighted by molar-refractivity contribution is 5.54. The topological polar surface area (TPSA) is 24.5 Å². The fourth-order valence-corrected chi connectivity index (χ4v) is 2.08. The fourth-order valence-electron chi connectivity index (χ4n) is 2.08. The lowest BCUT2D eigenvalue weighted by Gasteiger charge is -2.28. The molecule has 3 nitrogen and oxygen atoms in total. The van der Waals surface area contributed by atoms with E-state index in [1.165, 1.54) is 16.8 Å². The molecule has 1 rings (SSSR count). The van der Waals surface area contributed by atoms with Crippen LogP contribution >= 0.6 is 0 Å². The summed E-state index contributed by atoms with van der Waals surface area (Å²) in [4.78, 5) is 2.27. The predicted octanol–water partition coefficient (Wildman–Crippen LogP) is 2.58. The molecule has 1 atom stereocenters. The van der Waals surface area contributed by atoms with Crippen molar-refractivity contribution in [1.82, 2.24) is 5.32 Å². The van der Waals surface area contributed by atoms with Gasteiger partial charge >= 0.3 is 0 Å². The van der Waals surface area contributed by atoms with Gasteiger partial charge in [-0.05, 0) is 37.6 Å². The minimum absolute atomic E-state index is 0.383. The lowest BCUT2D eigenvalue weighted by Crippen LogP contribution is -2.33. The molecule has 0 aliphatic rings. The van der Waals surface area contributed by atoms with Crippen molar-refractivity contribution in [2.45, 2.75) is 33.4 Å². The maximum Gasteiger partial charge on any atom is 0.0663 e. The van der Waals surface area contributed by atoms with Gasteiger partial charge in [0.15, 0.2) is 0 Å². The van der Waals surface area contributed by atoms with Crippen molar-refractivity contribution in [1.29, 1.82) is 0 Å². The Morgan fingerprint density at radius 3 is 2.67 bits per heavy atom. The number of aryl methyl sites for hydroxylation is 1. The van der Waals surface area contributed by atoms with Crippen LogP contribution in [-0.4, -0.2) is 33.4 Å². The van der Waals surface area contributed by atoms with Crippen LogP contribution in [0.15, 0.2) is 18.2 Å². The zero-order chi connectivity index (χ0) is 13.5. The van der Waals surface area contributed by atoms with Crippen LogP contribution < -0.4 is 10.2 Å². The quantitative estimate of drug-likeness (QED) is 0.805. The normalized spacial score (nSPS) is 12.5. The molecule has 1 aromatic rings. The van der Waals surface area contributed by atoms with Crippen molar-refractivity contribution in [2.75, 3.05) is 32.2 Å². The van der Waals surface area contributed by atoms with Crippen LogP contribution in [0.1, 0.15) is 25.0 Å². The summed E-state index contributed by atoms with van der Waals surface area (Å²) < 4.78 is 5.21. The second-order valence-electron chi connectivity index (χ2n) is 4.82. The van der Waals surface area contributed by atoms with Gasteiger partial charge in [0.25, 0.3) is 0 Å². The summed E-state index contributed by atoms with van der Waals surface area (Å²) in [6.45, 7) is 9.16. The average molecular weight is 250 g/mol. The number of nitrogens with one attached hydrogen (secondary N) is 1. The highest BCUT2D eigenvalue weighted by atomic mass is 16.5. The highest BCUT2D eigenvalue weighted by Crippen LogP contribution is 2.22. The number of benzene rings is 1. The lowest BCUT2D eigenvalue weighted by atomic mass is 10.1. The van der Waals surface area contributed by atoms with Gasteiger partial charge in [0.1, 0.15) is 0 Å². The van der Waals surface area contributed by atoms with E-state index in [2.05, 4.69) is 56.2 Å². The first kappa shape index (κ1) is 15.0. The van der Waals surface area contributed by atoms with Crippen LogP contribution in [0.25, 0.3) is 0 Å². The monoisotopic (exact) mass is 250 g/mol. The van der Waals surface area contributed by atoms with Crippen LogP contribution in [-0.2, 0) is 11.3 Å². The molecule has 1 unspecified atom stereocenters. The Morgan fingerprint density at radius 2 is 2.11 bits per heavy atom. The standard InChI is InChI=1S/C15H26N2O/c1-6-16-10-14-7-8-15(12(2)9-14)17(4)13(3)11-18-5/h7-9,13,16H,6,10-11H2,1-5H3. The van der Waals surface area contributed by atoms with Gasteiger partial charge in [0, 0.05) is 32.4 Å². The van der Waals surface area contributed by atoms with Crippen LogP contribution in [0.5, 0.6) is 0 Å². The second-order valence-corrected chi connectivity index (χ2v) is 4.82. The minimum Gasteiger partial charge on any atom is -0.383 e. The Balaban J connectivity index is 2.78. The van der Waals surface area contributed by atoms with E-state index < -0.39 is 0 Å². The van der Waals surface area contributed by atoms with E-state index in [1.807, 2.05) is 0 Å². The van der Waals surface area contributed by atoms with E-state index in [0.717, 1.165) is 19.7 Å². The van der Waals surface area contributed by atoms with Gasteiger partial charge in [-0.25, -0.2) is 0 Å². The summed E-state index contributed by atoms with van der Waals surface area (Å²) in [5, 5.41) is 3.35. The molecule has 102 valence electrons. The maximum absolute atomic E-state index is 5.21. The van der Waals surface area contributed by atoms with Crippen molar-refractivity contribution in [3.8, 4) is 0 Å². The van der Waals surface area contributed by atoms with Gasteiger partial charge in [-0.2, -0.15) is 0 Å².